The van der Waals surface area contributed by atoms with Crippen molar-refractivity contribution in [1.82, 2.24) is 14.7 Å². The Bertz CT molecular complexity index is 1020. The number of fused-ring (bicyclic) bond motifs is 1. The first kappa shape index (κ1) is 17.7. The number of thiophene rings is 1. The van der Waals surface area contributed by atoms with E-state index < -0.39 is 5.25 Å². The molecule has 7 nitrogen and oxygen atoms in total. The summed E-state index contributed by atoms with van der Waals surface area (Å²) in [5.41, 5.74) is 0.880. The Labute approximate surface area is 152 Å². The van der Waals surface area contributed by atoms with Crippen molar-refractivity contribution in [3.05, 3.63) is 32.6 Å². The second kappa shape index (κ2) is 6.64. The van der Waals surface area contributed by atoms with Gasteiger partial charge >= 0.3 is 0 Å². The SMILES string of the molecule is Cc1cc(NC(=O)C(C)Sc2nc3sc(C)c(C)c3c(=O)n2C)no1. The maximum absolute atomic E-state index is 12.6. The lowest BCUT2D eigenvalue weighted by Gasteiger charge is -2.12. The molecule has 0 spiro atoms. The fourth-order valence-electron chi connectivity index (χ4n) is 2.33. The molecule has 0 aromatic carbocycles. The standard InChI is InChI=1S/C16H18N4O3S2/c1-7-6-11(19-23-7)17-13(21)10(4)25-16-18-14-12(15(22)20(16)5)8(2)9(3)24-14/h6,10H,1-5H3,(H,17,19,21). The van der Waals surface area contributed by atoms with Gasteiger partial charge in [0.15, 0.2) is 11.0 Å². The molecule has 3 aromatic rings. The van der Waals surface area contributed by atoms with Gasteiger partial charge in [-0.2, -0.15) is 0 Å². The van der Waals surface area contributed by atoms with Crippen LogP contribution < -0.4 is 10.9 Å². The third kappa shape index (κ3) is 3.34. The van der Waals surface area contributed by atoms with Crippen LogP contribution in [0.5, 0.6) is 0 Å². The van der Waals surface area contributed by atoms with E-state index in [1.54, 1.807) is 27.0 Å². The maximum atomic E-state index is 12.6. The molecule has 0 saturated heterocycles. The molecule has 1 amide bonds. The summed E-state index contributed by atoms with van der Waals surface area (Å²) in [4.78, 5) is 31.3. The molecule has 3 rings (SSSR count). The highest BCUT2D eigenvalue weighted by Crippen LogP contribution is 2.29. The van der Waals surface area contributed by atoms with E-state index in [1.807, 2.05) is 13.8 Å². The third-order valence-electron chi connectivity index (χ3n) is 3.90. The first-order valence-corrected chi connectivity index (χ1v) is 9.35. The van der Waals surface area contributed by atoms with Gasteiger partial charge in [0.05, 0.1) is 10.6 Å². The van der Waals surface area contributed by atoms with Gasteiger partial charge in [-0.05, 0) is 33.3 Å². The molecule has 0 radical (unpaired) electrons. The molecule has 25 heavy (non-hydrogen) atoms. The van der Waals surface area contributed by atoms with Crippen molar-refractivity contribution in [2.24, 2.45) is 7.05 Å². The average Bonchev–Trinajstić information content (AvgIpc) is 3.08. The van der Waals surface area contributed by atoms with Crippen LogP contribution in [0, 0.1) is 20.8 Å². The molecule has 3 heterocycles. The number of nitrogens with zero attached hydrogens (tertiary/aromatic N) is 3. The summed E-state index contributed by atoms with van der Waals surface area (Å²) in [5.74, 6) is 0.761. The van der Waals surface area contributed by atoms with E-state index in [-0.39, 0.29) is 11.5 Å². The van der Waals surface area contributed by atoms with Crippen LogP contribution in [0.25, 0.3) is 10.2 Å². The highest BCUT2D eigenvalue weighted by Gasteiger charge is 2.21. The lowest BCUT2D eigenvalue weighted by Crippen LogP contribution is -2.25. The number of anilines is 1. The number of aryl methyl sites for hydroxylation is 3. The van der Waals surface area contributed by atoms with Crippen LogP contribution >= 0.6 is 23.1 Å². The first-order chi connectivity index (χ1) is 11.8. The minimum atomic E-state index is -0.449. The van der Waals surface area contributed by atoms with Crippen LogP contribution in [-0.2, 0) is 11.8 Å². The van der Waals surface area contributed by atoms with Crippen LogP contribution in [0.3, 0.4) is 0 Å². The molecular formula is C16H18N4O3S2. The minimum Gasteiger partial charge on any atom is -0.360 e. The highest BCUT2D eigenvalue weighted by atomic mass is 32.2. The van der Waals surface area contributed by atoms with Gasteiger partial charge in [0.2, 0.25) is 5.91 Å². The van der Waals surface area contributed by atoms with E-state index in [4.69, 9.17) is 4.52 Å². The van der Waals surface area contributed by atoms with Gasteiger partial charge in [-0.3, -0.25) is 14.2 Å². The third-order valence-corrected chi connectivity index (χ3v) is 6.14. The number of aromatic nitrogens is 3. The predicted octanol–water partition coefficient (Wildman–Crippen LogP) is 3.03. The van der Waals surface area contributed by atoms with Gasteiger partial charge in [0.25, 0.3) is 5.56 Å². The molecule has 3 aromatic heterocycles. The Morgan fingerprint density at radius 2 is 2.12 bits per heavy atom. The maximum Gasteiger partial charge on any atom is 0.262 e. The molecule has 132 valence electrons. The van der Waals surface area contributed by atoms with E-state index in [9.17, 15) is 9.59 Å². The quantitative estimate of drug-likeness (QED) is 0.554. The lowest BCUT2D eigenvalue weighted by molar-refractivity contribution is -0.115. The Kier molecular flexibility index (Phi) is 4.70. The molecule has 1 atom stereocenters. The monoisotopic (exact) mass is 378 g/mol. The Balaban J connectivity index is 1.85. The molecular weight excluding hydrogens is 360 g/mol. The number of amides is 1. The molecule has 0 bridgehead atoms. The Morgan fingerprint density at radius 1 is 1.40 bits per heavy atom. The summed E-state index contributed by atoms with van der Waals surface area (Å²) in [7, 11) is 1.68. The normalized spacial score (nSPS) is 12.5. The minimum absolute atomic E-state index is 0.0888. The van der Waals surface area contributed by atoms with Gasteiger partial charge in [0, 0.05) is 18.0 Å². The molecule has 1 unspecified atom stereocenters. The van der Waals surface area contributed by atoms with Crippen LogP contribution in [-0.4, -0.2) is 25.9 Å². The number of thioether (sulfide) groups is 1. The van der Waals surface area contributed by atoms with Gasteiger partial charge in [-0.15, -0.1) is 11.3 Å². The van der Waals surface area contributed by atoms with Crippen molar-refractivity contribution in [3.8, 4) is 0 Å². The number of hydrogen-bond donors (Lipinski definition) is 1. The van der Waals surface area contributed by atoms with E-state index in [2.05, 4.69) is 15.5 Å². The molecule has 0 fully saturated rings. The molecule has 0 saturated carbocycles. The summed E-state index contributed by atoms with van der Waals surface area (Å²) in [6.07, 6.45) is 0. The van der Waals surface area contributed by atoms with Gasteiger partial charge < -0.3 is 9.84 Å². The first-order valence-electron chi connectivity index (χ1n) is 7.65. The van der Waals surface area contributed by atoms with Crippen molar-refractivity contribution >= 4 is 45.0 Å². The molecule has 0 aliphatic rings. The highest BCUT2D eigenvalue weighted by molar-refractivity contribution is 8.00. The summed E-state index contributed by atoms with van der Waals surface area (Å²) >= 11 is 2.73. The Hall–Kier alpha value is -2.13. The zero-order chi connectivity index (χ0) is 18.3. The molecule has 0 aliphatic carbocycles. The number of carbonyl (C=O) groups is 1. The average molecular weight is 378 g/mol. The van der Waals surface area contributed by atoms with Crippen molar-refractivity contribution in [1.29, 1.82) is 0 Å². The second-order valence-electron chi connectivity index (χ2n) is 5.79. The zero-order valence-electron chi connectivity index (χ0n) is 14.5. The van der Waals surface area contributed by atoms with Gasteiger partial charge in [-0.25, -0.2) is 4.98 Å². The Morgan fingerprint density at radius 3 is 2.76 bits per heavy atom. The van der Waals surface area contributed by atoms with Gasteiger partial charge in [-0.1, -0.05) is 16.9 Å². The van der Waals surface area contributed by atoms with Gasteiger partial charge in [0.1, 0.15) is 10.6 Å². The summed E-state index contributed by atoms with van der Waals surface area (Å²) in [6.45, 7) is 7.42. The van der Waals surface area contributed by atoms with Crippen molar-refractivity contribution in [2.45, 2.75) is 38.1 Å². The van der Waals surface area contributed by atoms with E-state index in [0.29, 0.717) is 27.0 Å². The van der Waals surface area contributed by atoms with Crippen LogP contribution in [0.2, 0.25) is 0 Å². The number of rotatable bonds is 4. The topological polar surface area (TPSA) is 90.0 Å². The largest absolute Gasteiger partial charge is 0.360 e. The van der Waals surface area contributed by atoms with E-state index >= 15 is 0 Å². The number of carbonyl (C=O) groups excluding carboxylic acids is 1. The van der Waals surface area contributed by atoms with E-state index in [1.165, 1.54) is 27.7 Å². The number of nitrogens with one attached hydrogen (secondary N) is 1. The van der Waals surface area contributed by atoms with Crippen molar-refractivity contribution in [3.63, 3.8) is 0 Å². The van der Waals surface area contributed by atoms with E-state index in [0.717, 1.165) is 10.4 Å². The fourth-order valence-corrected chi connectivity index (χ4v) is 4.27. The molecule has 0 aliphatic heterocycles. The van der Waals surface area contributed by atoms with Crippen molar-refractivity contribution < 1.29 is 9.32 Å². The predicted molar refractivity (Wildman–Crippen MR) is 99.5 cm³/mol. The molecule has 9 heteroatoms. The van der Waals surface area contributed by atoms with Crippen LogP contribution in [0.1, 0.15) is 23.1 Å². The summed E-state index contributed by atoms with van der Waals surface area (Å²) in [6, 6.07) is 1.65. The van der Waals surface area contributed by atoms with Crippen molar-refractivity contribution in [2.75, 3.05) is 5.32 Å². The lowest BCUT2D eigenvalue weighted by atomic mass is 10.2. The number of hydrogen-bond acceptors (Lipinski definition) is 7. The second-order valence-corrected chi connectivity index (χ2v) is 8.31. The molecule has 1 N–H and O–H groups in total. The summed E-state index contributed by atoms with van der Waals surface area (Å²) in [5, 5.41) is 7.15. The van der Waals surface area contributed by atoms with Crippen LogP contribution in [0.4, 0.5) is 5.82 Å². The summed E-state index contributed by atoms with van der Waals surface area (Å²) < 4.78 is 6.43. The fraction of sp³-hybridized carbons (Fsp3) is 0.375. The smallest absolute Gasteiger partial charge is 0.262 e. The van der Waals surface area contributed by atoms with Crippen LogP contribution in [0.15, 0.2) is 20.5 Å². The zero-order valence-corrected chi connectivity index (χ0v) is 16.2.